The fourth-order valence-electron chi connectivity index (χ4n) is 1.45. The molecule has 3 N–H and O–H groups in total. The molecule has 0 aromatic rings. The summed E-state index contributed by atoms with van der Waals surface area (Å²) in [5, 5.41) is 9.53. The van der Waals surface area contributed by atoms with E-state index in [2.05, 4.69) is 0 Å². The minimum Gasteiger partial charge on any atom is -0.329 e. The molecule has 4 heteroatoms. The molecule has 4 nitrogen and oxygen atoms in total. The molecule has 1 rings (SSSR count). The molecule has 1 aliphatic carbocycles. The van der Waals surface area contributed by atoms with Crippen molar-refractivity contribution in [1.29, 1.82) is 0 Å². The number of carbonyl (C=O) groups is 1. The van der Waals surface area contributed by atoms with Gasteiger partial charge in [-0.2, -0.15) is 0 Å². The maximum Gasteiger partial charge on any atom is 0.253 e. The van der Waals surface area contributed by atoms with Gasteiger partial charge < -0.3 is 5.73 Å². The highest BCUT2D eigenvalue weighted by molar-refractivity contribution is 5.82. The lowest BCUT2D eigenvalue weighted by Gasteiger charge is -2.40. The second-order valence-electron chi connectivity index (χ2n) is 3.17. The van der Waals surface area contributed by atoms with Gasteiger partial charge in [0, 0.05) is 13.6 Å². The molecule has 0 unspecified atom stereocenters. The van der Waals surface area contributed by atoms with Gasteiger partial charge in [0.1, 0.15) is 0 Å². The molecule has 0 spiro atoms. The second kappa shape index (κ2) is 2.79. The maximum absolute atomic E-state index is 11.3. The molecular weight excluding hydrogens is 144 g/mol. The van der Waals surface area contributed by atoms with Crippen molar-refractivity contribution in [2.75, 3.05) is 13.6 Å². The molecule has 1 amide bonds. The van der Waals surface area contributed by atoms with Crippen LogP contribution < -0.4 is 5.73 Å². The molecular formula is C7H14N2O2. The van der Waals surface area contributed by atoms with Gasteiger partial charge in [-0.25, -0.2) is 5.06 Å². The van der Waals surface area contributed by atoms with Gasteiger partial charge in [0.2, 0.25) is 0 Å². The first-order chi connectivity index (χ1) is 5.12. The first kappa shape index (κ1) is 8.49. The summed E-state index contributed by atoms with van der Waals surface area (Å²) in [6, 6.07) is 0. The Hall–Kier alpha value is -0.610. The van der Waals surface area contributed by atoms with E-state index >= 15 is 0 Å². The van der Waals surface area contributed by atoms with Crippen LogP contribution in [0, 0.1) is 5.41 Å². The van der Waals surface area contributed by atoms with Gasteiger partial charge >= 0.3 is 0 Å². The lowest BCUT2D eigenvalue weighted by atomic mass is 9.68. The predicted molar refractivity (Wildman–Crippen MR) is 39.9 cm³/mol. The Morgan fingerprint density at radius 2 is 2.27 bits per heavy atom. The van der Waals surface area contributed by atoms with E-state index in [0.717, 1.165) is 19.3 Å². The number of carbonyl (C=O) groups excluding carboxylic acids is 1. The molecule has 1 saturated carbocycles. The van der Waals surface area contributed by atoms with Crippen molar-refractivity contribution in [3.63, 3.8) is 0 Å². The number of hydrogen-bond acceptors (Lipinski definition) is 3. The van der Waals surface area contributed by atoms with Crippen molar-refractivity contribution >= 4 is 5.91 Å². The highest BCUT2D eigenvalue weighted by Gasteiger charge is 2.44. The summed E-state index contributed by atoms with van der Waals surface area (Å²) in [5.41, 5.74) is 5.01. The largest absolute Gasteiger partial charge is 0.329 e. The van der Waals surface area contributed by atoms with Crippen LogP contribution in [0.2, 0.25) is 0 Å². The molecule has 0 saturated heterocycles. The van der Waals surface area contributed by atoms with E-state index < -0.39 is 5.41 Å². The minimum absolute atomic E-state index is 0.244. The highest BCUT2D eigenvalue weighted by atomic mass is 16.5. The van der Waals surface area contributed by atoms with Crippen LogP contribution in [-0.4, -0.2) is 29.8 Å². The third-order valence-corrected chi connectivity index (χ3v) is 2.45. The second-order valence-corrected chi connectivity index (χ2v) is 3.17. The van der Waals surface area contributed by atoms with Gasteiger partial charge in [0.05, 0.1) is 5.41 Å². The van der Waals surface area contributed by atoms with Gasteiger partial charge in [-0.1, -0.05) is 6.42 Å². The molecule has 0 aromatic heterocycles. The Morgan fingerprint density at radius 1 is 1.73 bits per heavy atom. The van der Waals surface area contributed by atoms with Gasteiger partial charge in [-0.15, -0.1) is 0 Å². The number of nitrogens with two attached hydrogens (primary N) is 1. The minimum atomic E-state index is -0.441. The normalized spacial score (nSPS) is 20.6. The van der Waals surface area contributed by atoms with Gasteiger partial charge in [0.15, 0.2) is 0 Å². The van der Waals surface area contributed by atoms with Crippen LogP contribution in [0.25, 0.3) is 0 Å². The van der Waals surface area contributed by atoms with E-state index in [1.54, 1.807) is 0 Å². The van der Waals surface area contributed by atoms with Crippen molar-refractivity contribution in [1.82, 2.24) is 5.06 Å². The summed E-state index contributed by atoms with van der Waals surface area (Å²) in [7, 11) is 1.35. The quantitative estimate of drug-likeness (QED) is 0.438. The van der Waals surface area contributed by atoms with Crippen LogP contribution in [0.4, 0.5) is 0 Å². The van der Waals surface area contributed by atoms with Crippen molar-refractivity contribution in [2.24, 2.45) is 11.1 Å². The van der Waals surface area contributed by atoms with Gasteiger partial charge in [-0.3, -0.25) is 10.0 Å². The summed E-state index contributed by atoms with van der Waals surface area (Å²) >= 11 is 0. The molecule has 0 atom stereocenters. The fraction of sp³-hybridized carbons (Fsp3) is 0.857. The Labute approximate surface area is 65.9 Å². The monoisotopic (exact) mass is 158 g/mol. The Kier molecular flexibility index (Phi) is 2.15. The molecule has 64 valence electrons. The molecule has 1 fully saturated rings. The van der Waals surface area contributed by atoms with Crippen molar-refractivity contribution < 1.29 is 10.0 Å². The third-order valence-electron chi connectivity index (χ3n) is 2.45. The first-order valence-corrected chi connectivity index (χ1v) is 3.79. The summed E-state index contributed by atoms with van der Waals surface area (Å²) in [6.07, 6.45) is 2.66. The fourth-order valence-corrected chi connectivity index (χ4v) is 1.45. The number of hydrogen-bond donors (Lipinski definition) is 2. The Morgan fingerprint density at radius 3 is 2.36 bits per heavy atom. The Balaban J connectivity index is 2.62. The molecule has 0 aliphatic heterocycles. The number of amides is 1. The zero-order valence-corrected chi connectivity index (χ0v) is 6.71. The van der Waals surface area contributed by atoms with E-state index in [1.165, 1.54) is 7.05 Å². The molecule has 0 heterocycles. The first-order valence-electron chi connectivity index (χ1n) is 3.79. The van der Waals surface area contributed by atoms with E-state index in [4.69, 9.17) is 10.9 Å². The third kappa shape index (κ3) is 1.23. The predicted octanol–water partition coefficient (Wildman–Crippen LogP) is -0.0370. The number of hydroxylamine groups is 2. The molecule has 11 heavy (non-hydrogen) atoms. The van der Waals surface area contributed by atoms with Crippen molar-refractivity contribution in [3.8, 4) is 0 Å². The van der Waals surface area contributed by atoms with Gasteiger partial charge in [0.25, 0.3) is 5.91 Å². The standard InChI is InChI=1S/C7H14N2O2/c1-9(11)6(10)7(5-8)3-2-4-7/h11H,2-5,8H2,1H3. The van der Waals surface area contributed by atoms with E-state index in [9.17, 15) is 4.79 Å². The molecule has 1 aliphatic rings. The summed E-state index contributed by atoms with van der Waals surface area (Å²) in [5.74, 6) is -0.244. The SMILES string of the molecule is CN(O)C(=O)C1(CN)CCC1. The topological polar surface area (TPSA) is 66.6 Å². The average Bonchev–Trinajstić information content (AvgIpc) is 1.86. The summed E-state index contributed by atoms with van der Waals surface area (Å²) in [6.45, 7) is 0.344. The summed E-state index contributed by atoms with van der Waals surface area (Å²) < 4.78 is 0. The maximum atomic E-state index is 11.3. The van der Waals surface area contributed by atoms with E-state index in [1.807, 2.05) is 0 Å². The average molecular weight is 158 g/mol. The van der Waals surface area contributed by atoms with Crippen LogP contribution in [0.15, 0.2) is 0 Å². The number of rotatable bonds is 2. The van der Waals surface area contributed by atoms with E-state index in [-0.39, 0.29) is 5.91 Å². The van der Waals surface area contributed by atoms with Crippen LogP contribution in [-0.2, 0) is 4.79 Å². The van der Waals surface area contributed by atoms with Crippen LogP contribution >= 0.6 is 0 Å². The number of nitrogens with zero attached hydrogens (tertiary/aromatic N) is 1. The molecule has 0 bridgehead atoms. The summed E-state index contributed by atoms with van der Waals surface area (Å²) in [4.78, 5) is 11.3. The van der Waals surface area contributed by atoms with Crippen molar-refractivity contribution in [3.05, 3.63) is 0 Å². The highest BCUT2D eigenvalue weighted by Crippen LogP contribution is 2.40. The van der Waals surface area contributed by atoms with Gasteiger partial charge in [-0.05, 0) is 12.8 Å². The lowest BCUT2D eigenvalue weighted by molar-refractivity contribution is -0.175. The Bertz CT molecular complexity index is 158. The zero-order chi connectivity index (χ0) is 8.48. The zero-order valence-electron chi connectivity index (χ0n) is 6.71. The molecule has 0 radical (unpaired) electrons. The van der Waals surface area contributed by atoms with Crippen LogP contribution in [0.5, 0.6) is 0 Å². The van der Waals surface area contributed by atoms with E-state index in [0.29, 0.717) is 11.6 Å². The van der Waals surface area contributed by atoms with Crippen LogP contribution in [0.1, 0.15) is 19.3 Å². The van der Waals surface area contributed by atoms with Crippen LogP contribution in [0.3, 0.4) is 0 Å². The molecule has 0 aromatic carbocycles. The smallest absolute Gasteiger partial charge is 0.253 e. The lowest BCUT2D eigenvalue weighted by Crippen LogP contribution is -2.49. The van der Waals surface area contributed by atoms with Crippen molar-refractivity contribution in [2.45, 2.75) is 19.3 Å².